The Bertz CT molecular complexity index is 1070. The minimum atomic E-state index is -1.20. The van der Waals surface area contributed by atoms with E-state index in [-0.39, 0.29) is 114 Å². The number of carbonyl (C=O) groups excluding carboxylic acids is 7. The van der Waals surface area contributed by atoms with Crippen LogP contribution in [0.5, 0.6) is 0 Å². The second-order valence-electron chi connectivity index (χ2n) is 10.4. The molecule has 1 unspecified atom stereocenters. The van der Waals surface area contributed by atoms with E-state index in [2.05, 4.69) is 47.8 Å². The molecule has 0 aliphatic rings. The SMILES string of the molecule is O=C(O)CCC(NC(=O)CCCNC(=O)COCCOCCNC(=O)CCCNC(=O)CBr)C(=O)N(CCNC(=O)CCl)CCNC(=O)CCl. The Balaban J connectivity index is 4.46. The Morgan fingerprint density at radius 2 is 1.14 bits per heavy atom. The molecule has 0 aromatic carbocycles. The Morgan fingerprint density at radius 3 is 1.70 bits per heavy atom. The molecule has 0 spiro atoms. The van der Waals surface area contributed by atoms with Gasteiger partial charge in [-0.15, -0.1) is 23.2 Å². The summed E-state index contributed by atoms with van der Waals surface area (Å²) in [6.45, 7) is 1.25. The lowest BCUT2D eigenvalue weighted by atomic mass is 10.1. The maximum absolute atomic E-state index is 13.3. The summed E-state index contributed by atoms with van der Waals surface area (Å²) >= 11 is 14.0. The Kier molecular flexibility index (Phi) is 28.6. The van der Waals surface area contributed by atoms with Gasteiger partial charge in [-0.2, -0.15) is 0 Å². The molecule has 0 saturated heterocycles. The fourth-order valence-electron chi connectivity index (χ4n) is 3.89. The van der Waals surface area contributed by atoms with Gasteiger partial charge in [-0.05, 0) is 19.3 Å². The summed E-state index contributed by atoms with van der Waals surface area (Å²) in [6, 6.07) is -1.20. The Labute approximate surface area is 309 Å². The van der Waals surface area contributed by atoms with Crippen molar-refractivity contribution in [2.75, 3.05) is 89.3 Å². The van der Waals surface area contributed by atoms with Gasteiger partial charge in [0.25, 0.3) is 0 Å². The molecule has 18 nitrogen and oxygen atoms in total. The number of carbonyl (C=O) groups is 8. The topological polar surface area (TPSA) is 251 Å². The largest absolute Gasteiger partial charge is 0.481 e. The number of carboxylic acids is 1. The molecule has 0 aliphatic heterocycles. The molecule has 50 heavy (non-hydrogen) atoms. The molecule has 1 atom stereocenters. The first-order valence-electron chi connectivity index (χ1n) is 15.9. The van der Waals surface area contributed by atoms with Crippen molar-refractivity contribution in [3.05, 3.63) is 0 Å². The Morgan fingerprint density at radius 1 is 0.620 bits per heavy atom. The highest BCUT2D eigenvalue weighted by molar-refractivity contribution is 9.09. The fourth-order valence-corrected chi connectivity index (χ4v) is 4.27. The number of rotatable bonds is 30. The molecule has 0 aromatic heterocycles. The highest BCUT2D eigenvalue weighted by atomic mass is 79.9. The molecule has 0 heterocycles. The molecule has 0 bridgehead atoms. The van der Waals surface area contributed by atoms with Gasteiger partial charge in [0, 0.05) is 65.1 Å². The van der Waals surface area contributed by atoms with E-state index in [0.717, 1.165) is 0 Å². The number of aliphatic carboxylic acids is 1. The smallest absolute Gasteiger partial charge is 0.303 e. The van der Waals surface area contributed by atoms with Crippen LogP contribution in [0, 0.1) is 0 Å². The van der Waals surface area contributed by atoms with Crippen LogP contribution in [0.1, 0.15) is 38.5 Å². The van der Waals surface area contributed by atoms with Crippen molar-refractivity contribution in [3.63, 3.8) is 0 Å². The number of hydrogen-bond acceptors (Lipinski definition) is 10. The normalized spacial score (nSPS) is 11.1. The number of carboxylic acid groups (broad SMARTS) is 1. The minimum Gasteiger partial charge on any atom is -0.481 e. The van der Waals surface area contributed by atoms with Gasteiger partial charge in [0.05, 0.1) is 25.2 Å². The van der Waals surface area contributed by atoms with E-state index in [1.807, 2.05) is 0 Å². The molecule has 21 heteroatoms. The van der Waals surface area contributed by atoms with Gasteiger partial charge in [-0.25, -0.2) is 0 Å². The molecule has 7 N–H and O–H groups in total. The number of nitrogens with one attached hydrogen (secondary N) is 6. The van der Waals surface area contributed by atoms with E-state index >= 15 is 0 Å². The second kappa shape index (κ2) is 30.6. The summed E-state index contributed by atoms with van der Waals surface area (Å²) in [5, 5.41) is 24.9. The highest BCUT2D eigenvalue weighted by Crippen LogP contribution is 2.05. The molecule has 0 radical (unpaired) electrons. The van der Waals surface area contributed by atoms with E-state index < -0.39 is 48.0 Å². The molecular weight excluding hydrogens is 773 g/mol. The van der Waals surface area contributed by atoms with E-state index in [1.165, 1.54) is 4.90 Å². The lowest BCUT2D eigenvalue weighted by molar-refractivity contribution is -0.140. The van der Waals surface area contributed by atoms with Crippen molar-refractivity contribution >= 4 is 86.5 Å². The molecule has 286 valence electrons. The number of nitrogens with zero attached hydrogens (tertiary/aromatic N) is 1. The predicted molar refractivity (Wildman–Crippen MR) is 186 cm³/mol. The predicted octanol–water partition coefficient (Wildman–Crippen LogP) is -1.79. The standard InChI is InChI=1S/C29H48BrCl2N7O11/c30-17-24(42)33-7-1-3-22(40)37-11-14-49-15-16-50-20-27(45)34-8-2-4-23(41)38-21(5-6-28(46)47)29(48)39(12-9-35-25(43)18-31)13-10-36-26(44)19-32/h21H,1-20H2,(H,33,42)(H,34,45)(H,35,43)(H,36,44)(H,37,40)(H,38,41)(H,46,47). The number of alkyl halides is 3. The van der Waals surface area contributed by atoms with E-state index in [4.69, 9.17) is 37.8 Å². The molecular formula is C29H48BrCl2N7O11. The summed E-state index contributed by atoms with van der Waals surface area (Å²) in [6.07, 6.45) is 0.323. The number of amides is 7. The average Bonchev–Trinajstić information content (AvgIpc) is 3.09. The van der Waals surface area contributed by atoms with Crippen molar-refractivity contribution in [1.82, 2.24) is 36.8 Å². The molecule has 0 saturated carbocycles. The van der Waals surface area contributed by atoms with Crippen LogP contribution in [-0.4, -0.2) is 153 Å². The third-order valence-electron chi connectivity index (χ3n) is 6.34. The molecule has 0 fully saturated rings. The first-order valence-corrected chi connectivity index (χ1v) is 18.1. The zero-order valence-electron chi connectivity index (χ0n) is 27.8. The van der Waals surface area contributed by atoms with Crippen molar-refractivity contribution in [3.8, 4) is 0 Å². The van der Waals surface area contributed by atoms with Crippen molar-refractivity contribution in [2.45, 2.75) is 44.6 Å². The second-order valence-corrected chi connectivity index (χ2v) is 11.5. The van der Waals surface area contributed by atoms with Gasteiger partial charge >= 0.3 is 5.97 Å². The van der Waals surface area contributed by atoms with Crippen molar-refractivity contribution in [2.24, 2.45) is 0 Å². The number of halogens is 3. The van der Waals surface area contributed by atoms with Crippen LogP contribution < -0.4 is 31.9 Å². The maximum Gasteiger partial charge on any atom is 0.303 e. The Hall–Kier alpha value is -3.26. The first-order chi connectivity index (χ1) is 23.9. The summed E-state index contributed by atoms with van der Waals surface area (Å²) < 4.78 is 10.6. The highest BCUT2D eigenvalue weighted by Gasteiger charge is 2.26. The van der Waals surface area contributed by atoms with Crippen LogP contribution in [0.3, 0.4) is 0 Å². The lowest BCUT2D eigenvalue weighted by Crippen LogP contribution is -2.52. The first kappa shape index (κ1) is 46.7. The van der Waals surface area contributed by atoms with E-state index in [9.17, 15) is 38.4 Å². The van der Waals surface area contributed by atoms with Crippen LogP contribution >= 0.6 is 39.1 Å². The summed E-state index contributed by atoms with van der Waals surface area (Å²) in [5.74, 6) is -4.54. The third-order valence-corrected chi connectivity index (χ3v) is 7.34. The van der Waals surface area contributed by atoms with E-state index in [1.54, 1.807) is 0 Å². The molecule has 0 aromatic rings. The zero-order valence-corrected chi connectivity index (χ0v) is 30.9. The summed E-state index contributed by atoms with van der Waals surface area (Å²) in [7, 11) is 0. The quantitative estimate of drug-likeness (QED) is 0.0315. The summed E-state index contributed by atoms with van der Waals surface area (Å²) in [4.78, 5) is 96.3. The van der Waals surface area contributed by atoms with Gasteiger partial charge in [0.2, 0.25) is 41.4 Å². The van der Waals surface area contributed by atoms with Gasteiger partial charge in [-0.3, -0.25) is 38.4 Å². The number of ether oxygens (including phenoxy) is 2. The maximum atomic E-state index is 13.3. The lowest BCUT2D eigenvalue weighted by Gasteiger charge is -2.28. The zero-order chi connectivity index (χ0) is 37.6. The molecule has 0 rings (SSSR count). The van der Waals surface area contributed by atoms with Crippen LogP contribution in [0.15, 0.2) is 0 Å². The van der Waals surface area contributed by atoms with Crippen molar-refractivity contribution in [1.29, 1.82) is 0 Å². The monoisotopic (exact) mass is 819 g/mol. The van der Waals surface area contributed by atoms with Crippen LogP contribution in [0.25, 0.3) is 0 Å². The van der Waals surface area contributed by atoms with Gasteiger partial charge < -0.3 is 51.4 Å². The molecule has 7 amide bonds. The van der Waals surface area contributed by atoms with Crippen LogP contribution in [0.4, 0.5) is 0 Å². The van der Waals surface area contributed by atoms with E-state index in [0.29, 0.717) is 19.5 Å². The van der Waals surface area contributed by atoms with Gasteiger partial charge in [0.15, 0.2) is 0 Å². The minimum absolute atomic E-state index is 0.00184. The number of hydrogen-bond donors (Lipinski definition) is 7. The summed E-state index contributed by atoms with van der Waals surface area (Å²) in [5.41, 5.74) is 0. The fraction of sp³-hybridized carbons (Fsp3) is 0.724. The van der Waals surface area contributed by atoms with Crippen LogP contribution in [0.2, 0.25) is 0 Å². The average molecular weight is 822 g/mol. The van der Waals surface area contributed by atoms with Gasteiger partial charge in [0.1, 0.15) is 24.4 Å². The van der Waals surface area contributed by atoms with Crippen molar-refractivity contribution < 1.29 is 52.9 Å². The molecule has 0 aliphatic carbocycles. The van der Waals surface area contributed by atoms with Gasteiger partial charge in [-0.1, -0.05) is 15.9 Å². The third kappa shape index (κ3) is 26.6. The van der Waals surface area contributed by atoms with Crippen LogP contribution in [-0.2, 0) is 47.8 Å².